The van der Waals surface area contributed by atoms with Crippen LogP contribution in [0.3, 0.4) is 0 Å². The second-order valence-corrected chi connectivity index (χ2v) is 13.0. The van der Waals surface area contributed by atoms with Crippen molar-refractivity contribution in [3.05, 3.63) is 53.6 Å². The lowest BCUT2D eigenvalue weighted by atomic mass is 9.91. The van der Waals surface area contributed by atoms with Crippen LogP contribution in [0, 0.1) is 18.7 Å². The number of halogens is 2. The van der Waals surface area contributed by atoms with Crippen molar-refractivity contribution in [2.75, 3.05) is 13.2 Å². The van der Waals surface area contributed by atoms with E-state index in [1.54, 1.807) is 32.9 Å². The van der Waals surface area contributed by atoms with Crippen molar-refractivity contribution in [1.82, 2.24) is 19.9 Å². The first-order valence-electron chi connectivity index (χ1n) is 13.3. The summed E-state index contributed by atoms with van der Waals surface area (Å²) in [5.74, 6) is -3.56. The zero-order chi connectivity index (χ0) is 29.9. The molecule has 0 radical (unpaired) electrons. The highest BCUT2D eigenvalue weighted by atomic mass is 32.2. The summed E-state index contributed by atoms with van der Waals surface area (Å²) in [6.07, 6.45) is -0.468. The number of urea groups is 1. The molecule has 4 rings (SSSR count). The number of imide groups is 2. The van der Waals surface area contributed by atoms with E-state index in [4.69, 9.17) is 9.47 Å². The van der Waals surface area contributed by atoms with Crippen LogP contribution in [0.4, 0.5) is 13.6 Å². The molecule has 10 nitrogen and oxygen atoms in total. The fourth-order valence-electron chi connectivity index (χ4n) is 4.59. The number of aromatic nitrogens is 1. The zero-order valence-electron chi connectivity index (χ0n) is 23.3. The number of amides is 4. The van der Waals surface area contributed by atoms with E-state index in [9.17, 15) is 18.9 Å². The molecule has 0 saturated carbocycles. The number of nitrogens with zero attached hydrogens (tertiary/aromatic N) is 2. The number of hydrogen-bond donors (Lipinski definition) is 2. The lowest BCUT2D eigenvalue weighted by Crippen LogP contribution is -2.62. The third kappa shape index (κ3) is 7.39. The Balaban J connectivity index is 1.62. The molecule has 1 aromatic carbocycles. The maximum absolute atomic E-state index is 16.2. The number of pyridine rings is 1. The van der Waals surface area contributed by atoms with Crippen LogP contribution in [-0.2, 0) is 25.7 Å². The fourth-order valence-corrected chi connectivity index (χ4v) is 5.45. The van der Waals surface area contributed by atoms with Crippen LogP contribution < -0.4 is 14.8 Å². The van der Waals surface area contributed by atoms with Gasteiger partial charge < -0.3 is 14.0 Å². The van der Waals surface area contributed by atoms with E-state index in [0.717, 1.165) is 16.7 Å². The van der Waals surface area contributed by atoms with Gasteiger partial charge >= 0.3 is 6.03 Å². The second-order valence-electron chi connectivity index (χ2n) is 11.0. The molecule has 2 N–H and O–H groups in total. The van der Waals surface area contributed by atoms with Gasteiger partial charge in [0.1, 0.15) is 40.2 Å². The van der Waals surface area contributed by atoms with Crippen molar-refractivity contribution >= 4 is 29.2 Å². The molecule has 2 saturated heterocycles. The van der Waals surface area contributed by atoms with Crippen LogP contribution in [-0.4, -0.2) is 62.5 Å². The van der Waals surface area contributed by atoms with Crippen molar-refractivity contribution in [2.24, 2.45) is 5.92 Å². The zero-order valence-corrected chi connectivity index (χ0v) is 24.1. The molecule has 3 heterocycles. The number of hydrogen-bond acceptors (Lipinski definition) is 8. The molecule has 3 unspecified atom stereocenters. The average molecular weight is 593 g/mol. The smallest absolute Gasteiger partial charge is 0.331 e. The Labute approximate surface area is 240 Å². The minimum atomic E-state index is -2.06. The second kappa shape index (κ2) is 12.8. The van der Waals surface area contributed by atoms with Gasteiger partial charge in [-0.1, -0.05) is 0 Å². The van der Waals surface area contributed by atoms with Crippen LogP contribution in [0.2, 0.25) is 0 Å². The van der Waals surface area contributed by atoms with Crippen LogP contribution in [0.1, 0.15) is 57.3 Å². The number of carbonyl (C=O) groups is 3. The Morgan fingerprint density at radius 2 is 1.88 bits per heavy atom. The predicted molar refractivity (Wildman–Crippen MR) is 146 cm³/mol. The number of carbonyl (C=O) groups excluding carboxylic acids is 3. The molecule has 2 aromatic rings. The normalized spacial score (nSPS) is 20.9. The monoisotopic (exact) mass is 592 g/mol. The van der Waals surface area contributed by atoms with E-state index >= 15 is 8.78 Å². The molecule has 4 atom stereocenters. The molecule has 2 fully saturated rings. The minimum absolute atomic E-state index is 0.176. The summed E-state index contributed by atoms with van der Waals surface area (Å²) in [7, 11) is 0. The van der Waals surface area contributed by atoms with Crippen LogP contribution >= 0.6 is 0 Å². The molecule has 2 aliphatic heterocycles. The Kier molecular flexibility index (Phi) is 9.62. The lowest BCUT2D eigenvalue weighted by Gasteiger charge is -2.38. The van der Waals surface area contributed by atoms with Crippen LogP contribution in [0.15, 0.2) is 36.5 Å². The number of rotatable bonds is 9. The number of benzene rings is 1. The largest absolute Gasteiger partial charge is 0.598 e. The van der Waals surface area contributed by atoms with Crippen molar-refractivity contribution in [1.29, 1.82) is 0 Å². The van der Waals surface area contributed by atoms with Crippen molar-refractivity contribution in [2.45, 2.75) is 70.0 Å². The summed E-state index contributed by atoms with van der Waals surface area (Å²) >= 11 is -1.86. The van der Waals surface area contributed by atoms with Crippen LogP contribution in [0.25, 0.3) is 0 Å². The summed E-state index contributed by atoms with van der Waals surface area (Å²) in [6.45, 7) is 7.48. The van der Waals surface area contributed by atoms with Gasteiger partial charge in [-0.05, 0) is 70.9 Å². The third-order valence-electron chi connectivity index (χ3n) is 6.89. The first kappa shape index (κ1) is 30.8. The summed E-state index contributed by atoms with van der Waals surface area (Å²) in [4.78, 5) is 43.7. The maximum Gasteiger partial charge on any atom is 0.331 e. The number of nitrogens with one attached hydrogen (secondary N) is 2. The first-order chi connectivity index (χ1) is 19.3. The molecule has 13 heteroatoms. The number of alkyl halides is 1. The van der Waals surface area contributed by atoms with E-state index in [0.29, 0.717) is 31.8 Å². The maximum atomic E-state index is 16.2. The molecular weight excluding hydrogens is 558 g/mol. The van der Waals surface area contributed by atoms with Gasteiger partial charge in [0.25, 0.3) is 0 Å². The Morgan fingerprint density at radius 3 is 2.51 bits per heavy atom. The van der Waals surface area contributed by atoms with Crippen molar-refractivity contribution in [3.8, 4) is 11.5 Å². The highest BCUT2D eigenvalue weighted by Gasteiger charge is 2.46. The van der Waals surface area contributed by atoms with Gasteiger partial charge in [0.15, 0.2) is 0 Å². The number of barbiturate groups is 1. The van der Waals surface area contributed by atoms with Crippen LogP contribution in [0.5, 0.6) is 11.5 Å². The molecule has 222 valence electrons. The Morgan fingerprint density at radius 1 is 1.20 bits per heavy atom. The van der Waals surface area contributed by atoms with E-state index in [1.165, 1.54) is 18.3 Å². The minimum Gasteiger partial charge on any atom is -0.598 e. The van der Waals surface area contributed by atoms with Gasteiger partial charge in [0, 0.05) is 48.3 Å². The number of aryl methyl sites for hydroxylation is 1. The third-order valence-corrected chi connectivity index (χ3v) is 8.47. The predicted octanol–water partition coefficient (Wildman–Crippen LogP) is 4.02. The van der Waals surface area contributed by atoms with E-state index in [2.05, 4.69) is 15.0 Å². The Bertz CT molecular complexity index is 1270. The van der Waals surface area contributed by atoms with Gasteiger partial charge in [0.05, 0.1) is 6.20 Å². The van der Waals surface area contributed by atoms with Crippen molar-refractivity contribution < 1.29 is 37.2 Å². The fraction of sp³-hybridized carbons (Fsp3) is 0.500. The quantitative estimate of drug-likeness (QED) is 0.330. The Hall–Kier alpha value is -3.13. The van der Waals surface area contributed by atoms with Gasteiger partial charge in [0.2, 0.25) is 11.8 Å². The standard InChI is InChI=1S/C28H34F2N4O6S/c1-16-5-6-19(15-31-16)40-18-7-8-22(29)20(13-18)24(33-41(38)28(2,3)4)23(30)14-21-25(35)32-27(37)34(26(21)36)17-9-11-39-12-10-17/h5-8,13,15,17,21,23-24,33H,9-12,14H2,1-4H3,(H,32,35,37)/t21?,23?,24?,41-/m1/s1. The molecule has 0 aliphatic carbocycles. The van der Waals surface area contributed by atoms with Gasteiger partial charge in [-0.25, -0.2) is 13.6 Å². The topological polar surface area (TPSA) is 133 Å². The molecule has 41 heavy (non-hydrogen) atoms. The van der Waals surface area contributed by atoms with E-state index in [1.807, 2.05) is 6.92 Å². The lowest BCUT2D eigenvalue weighted by molar-refractivity contribution is -0.146. The summed E-state index contributed by atoms with van der Waals surface area (Å²) < 4.78 is 57.4. The van der Waals surface area contributed by atoms with Gasteiger partial charge in [-0.15, -0.1) is 4.72 Å². The first-order valence-corrected chi connectivity index (χ1v) is 14.5. The molecule has 0 spiro atoms. The SMILES string of the molecule is Cc1ccc(Oc2ccc(F)c(C(N[S@+]([O-])C(C)(C)C)C(F)CC3C(=O)NC(=O)N(C4CCOCC4)C3=O)c2)cn1. The molecule has 2 aliphatic rings. The average Bonchev–Trinajstić information content (AvgIpc) is 2.92. The highest BCUT2D eigenvalue weighted by molar-refractivity contribution is 7.90. The molecule has 4 amide bonds. The van der Waals surface area contributed by atoms with Gasteiger partial charge in [-0.2, -0.15) is 0 Å². The van der Waals surface area contributed by atoms with E-state index < -0.39 is 70.4 Å². The van der Waals surface area contributed by atoms with E-state index in [-0.39, 0.29) is 11.3 Å². The highest BCUT2D eigenvalue weighted by Crippen LogP contribution is 2.34. The summed E-state index contributed by atoms with van der Waals surface area (Å²) in [6, 6.07) is 4.26. The molecule has 1 aromatic heterocycles. The molecular formula is C28H34F2N4O6S. The van der Waals surface area contributed by atoms with Gasteiger partial charge in [-0.3, -0.25) is 24.8 Å². The van der Waals surface area contributed by atoms with Crippen molar-refractivity contribution in [3.63, 3.8) is 0 Å². The summed E-state index contributed by atoms with van der Waals surface area (Å²) in [5, 5.41) is 2.15. The number of ether oxygens (including phenoxy) is 2. The summed E-state index contributed by atoms with van der Waals surface area (Å²) in [5.41, 5.74) is 0.568. The molecule has 0 bridgehead atoms.